The van der Waals surface area contributed by atoms with E-state index in [0.717, 1.165) is 44.9 Å². The quantitative estimate of drug-likeness (QED) is 0.221. The number of rotatable bonds is 8. The van der Waals surface area contributed by atoms with Gasteiger partial charge in [0.05, 0.1) is 17.6 Å². The Morgan fingerprint density at radius 3 is 2.20 bits per heavy atom. The Morgan fingerprint density at radius 2 is 1.64 bits per heavy atom. The zero-order valence-electron chi connectivity index (χ0n) is 28.2. The van der Waals surface area contributed by atoms with Crippen LogP contribution in [0, 0.1) is 51.2 Å². The minimum Gasteiger partial charge on any atom is -0.478 e. The maximum Gasteiger partial charge on any atom is 0.331 e. The number of fused-ring (bicyclic) bond motifs is 5. The molecule has 0 aliphatic heterocycles. The summed E-state index contributed by atoms with van der Waals surface area (Å²) in [5.74, 6) is -1.76. The van der Waals surface area contributed by atoms with E-state index in [9.17, 15) is 29.7 Å². The second-order valence-electron chi connectivity index (χ2n) is 16.6. The Balaban J connectivity index is 1.63. The van der Waals surface area contributed by atoms with Gasteiger partial charge in [0.15, 0.2) is 0 Å². The highest BCUT2D eigenvalue weighted by Crippen LogP contribution is 2.75. The summed E-state index contributed by atoms with van der Waals surface area (Å²) in [4.78, 5) is 38.8. The third-order valence-electron chi connectivity index (χ3n) is 13.6. The molecule has 0 radical (unpaired) electrons. The first-order chi connectivity index (χ1) is 20.4. The number of esters is 2. The lowest BCUT2D eigenvalue weighted by molar-refractivity contribution is -0.289. The summed E-state index contributed by atoms with van der Waals surface area (Å²) in [6, 6.07) is 0. The predicted molar refractivity (Wildman–Crippen MR) is 165 cm³/mol. The van der Waals surface area contributed by atoms with Gasteiger partial charge in [-0.05, 0) is 105 Å². The Labute approximate surface area is 263 Å². The minimum absolute atomic E-state index is 0.0456. The van der Waals surface area contributed by atoms with Crippen molar-refractivity contribution in [2.75, 3.05) is 0 Å². The third-order valence-corrected chi connectivity index (χ3v) is 13.6. The van der Waals surface area contributed by atoms with Gasteiger partial charge in [-0.2, -0.15) is 0 Å². The van der Waals surface area contributed by atoms with Crippen LogP contribution in [0.5, 0.6) is 0 Å². The van der Waals surface area contributed by atoms with Crippen LogP contribution in [0.3, 0.4) is 0 Å². The van der Waals surface area contributed by atoms with Gasteiger partial charge in [-0.15, -0.1) is 0 Å². The second kappa shape index (κ2) is 11.4. The van der Waals surface area contributed by atoms with Gasteiger partial charge in [0.1, 0.15) is 12.2 Å². The van der Waals surface area contributed by atoms with E-state index in [-0.39, 0.29) is 35.1 Å². The summed E-state index contributed by atoms with van der Waals surface area (Å²) in [6.07, 6.45) is 3.87. The largest absolute Gasteiger partial charge is 0.478 e. The minimum atomic E-state index is -1.02. The average molecular weight is 617 g/mol. The van der Waals surface area contributed by atoms with Crippen molar-refractivity contribution in [2.45, 2.75) is 144 Å². The molecule has 11 atom stereocenters. The molecule has 11 unspecified atom stereocenters. The van der Waals surface area contributed by atoms with Crippen LogP contribution in [-0.2, 0) is 23.9 Å². The van der Waals surface area contributed by atoms with Crippen molar-refractivity contribution >= 4 is 17.9 Å². The van der Waals surface area contributed by atoms with Crippen molar-refractivity contribution in [2.24, 2.45) is 51.2 Å². The van der Waals surface area contributed by atoms with E-state index >= 15 is 0 Å². The smallest absolute Gasteiger partial charge is 0.331 e. The molecule has 248 valence electrons. The first kappa shape index (κ1) is 33.4. The fourth-order valence-electron chi connectivity index (χ4n) is 10.8. The van der Waals surface area contributed by atoms with E-state index < -0.39 is 52.6 Å². The summed E-state index contributed by atoms with van der Waals surface area (Å²) in [7, 11) is 0. The van der Waals surface area contributed by atoms with Gasteiger partial charge in [0.25, 0.3) is 0 Å². The van der Waals surface area contributed by atoms with Crippen LogP contribution < -0.4 is 0 Å². The van der Waals surface area contributed by atoms with E-state index in [1.165, 1.54) is 6.92 Å². The van der Waals surface area contributed by atoms with E-state index in [0.29, 0.717) is 36.3 Å². The Morgan fingerprint density at radius 1 is 0.977 bits per heavy atom. The molecule has 5 fully saturated rings. The fourth-order valence-corrected chi connectivity index (χ4v) is 10.8. The fraction of sp³-hybridized carbons (Fsp3) is 0.861. The molecule has 5 aliphatic carbocycles. The molecule has 0 aromatic rings. The highest BCUT2D eigenvalue weighted by atomic mass is 16.6. The lowest BCUT2D eigenvalue weighted by Gasteiger charge is -2.70. The summed E-state index contributed by atoms with van der Waals surface area (Å²) < 4.78 is 12.3. The van der Waals surface area contributed by atoms with E-state index in [2.05, 4.69) is 34.6 Å². The maximum atomic E-state index is 13.5. The summed E-state index contributed by atoms with van der Waals surface area (Å²) in [5, 5.41) is 34.2. The molecule has 0 amide bonds. The standard InChI is InChI=1S/C36H56O8/c1-19(2)10-9-11-22(31(40)41)27-23-12-13-26-34(6)15-14-24(38)20(3)28(34)29(44-32(42)33(5)16-17-33)30(39)36(26,8)35(23,7)18-25(27)43-21(4)37/h19-20,23-26,28-30,38-39H,9-18H2,1-8H3,(H,40,41)/b27-22-. The molecule has 0 spiro atoms. The monoisotopic (exact) mass is 616 g/mol. The van der Waals surface area contributed by atoms with Crippen LogP contribution in [-0.4, -0.2) is 57.6 Å². The van der Waals surface area contributed by atoms with Crippen LogP contribution in [0.25, 0.3) is 0 Å². The van der Waals surface area contributed by atoms with Gasteiger partial charge < -0.3 is 24.8 Å². The number of carboxylic acid groups (broad SMARTS) is 1. The molecular weight excluding hydrogens is 560 g/mol. The first-order valence-corrected chi connectivity index (χ1v) is 17.1. The number of aliphatic hydroxyl groups excluding tert-OH is 2. The van der Waals surface area contributed by atoms with Crippen molar-refractivity contribution in [3.63, 3.8) is 0 Å². The van der Waals surface area contributed by atoms with Gasteiger partial charge in [0, 0.05) is 23.8 Å². The summed E-state index contributed by atoms with van der Waals surface area (Å²) in [6.45, 7) is 16.1. The lowest BCUT2D eigenvalue weighted by atomic mass is 9.35. The van der Waals surface area contributed by atoms with Crippen molar-refractivity contribution in [3.8, 4) is 0 Å². The number of hydrogen-bond acceptors (Lipinski definition) is 7. The van der Waals surface area contributed by atoms with Crippen molar-refractivity contribution < 1.29 is 39.2 Å². The lowest BCUT2D eigenvalue weighted by Crippen LogP contribution is -2.72. The van der Waals surface area contributed by atoms with E-state index in [1.807, 2.05) is 13.8 Å². The van der Waals surface area contributed by atoms with Crippen LogP contribution in [0.15, 0.2) is 11.1 Å². The number of ether oxygens (including phenoxy) is 2. The van der Waals surface area contributed by atoms with E-state index in [1.54, 1.807) is 0 Å². The summed E-state index contributed by atoms with van der Waals surface area (Å²) >= 11 is 0. The Hall–Kier alpha value is -1.93. The van der Waals surface area contributed by atoms with Crippen LogP contribution in [0.2, 0.25) is 0 Å². The van der Waals surface area contributed by atoms with Crippen LogP contribution in [0.1, 0.15) is 120 Å². The highest BCUT2D eigenvalue weighted by Gasteiger charge is 2.74. The van der Waals surface area contributed by atoms with Crippen LogP contribution >= 0.6 is 0 Å². The molecule has 8 heteroatoms. The average Bonchev–Trinajstić information content (AvgIpc) is 3.61. The zero-order chi connectivity index (χ0) is 32.6. The Bertz CT molecular complexity index is 1200. The molecule has 5 aliphatic rings. The molecular formula is C36H56O8. The predicted octanol–water partition coefficient (Wildman–Crippen LogP) is 6.07. The van der Waals surface area contributed by atoms with Crippen molar-refractivity contribution in [3.05, 3.63) is 11.1 Å². The number of aliphatic carboxylic acids is 1. The molecule has 5 saturated carbocycles. The number of carbonyl (C=O) groups excluding carboxylic acids is 2. The molecule has 0 heterocycles. The molecule has 0 bridgehead atoms. The number of carboxylic acids is 1. The van der Waals surface area contributed by atoms with E-state index in [4.69, 9.17) is 9.47 Å². The number of carbonyl (C=O) groups is 3. The topological polar surface area (TPSA) is 130 Å². The molecule has 8 nitrogen and oxygen atoms in total. The number of hydrogen-bond donors (Lipinski definition) is 3. The Kier molecular flexibility index (Phi) is 8.66. The van der Waals surface area contributed by atoms with Crippen molar-refractivity contribution in [1.29, 1.82) is 0 Å². The molecule has 3 N–H and O–H groups in total. The molecule has 5 rings (SSSR count). The highest BCUT2D eigenvalue weighted by molar-refractivity contribution is 5.88. The summed E-state index contributed by atoms with van der Waals surface area (Å²) in [5.41, 5.74) is -1.16. The SMILES string of the molecule is CC(=O)OC1CC2(C)C(CCC3C4(C)CCC(O)C(C)C4C(OC(=O)C4(C)CC4)C(O)C32C)/C1=C(\CCCC(C)C)C(=O)O. The molecule has 0 aromatic carbocycles. The van der Waals surface area contributed by atoms with Gasteiger partial charge in [-0.1, -0.05) is 48.0 Å². The molecule has 0 saturated heterocycles. The van der Waals surface area contributed by atoms with Gasteiger partial charge in [0.2, 0.25) is 0 Å². The van der Waals surface area contributed by atoms with Gasteiger partial charge in [-0.3, -0.25) is 9.59 Å². The van der Waals surface area contributed by atoms with Gasteiger partial charge in [-0.25, -0.2) is 4.79 Å². The van der Waals surface area contributed by atoms with Crippen molar-refractivity contribution in [1.82, 2.24) is 0 Å². The number of aliphatic hydroxyl groups is 2. The zero-order valence-corrected chi connectivity index (χ0v) is 28.2. The maximum absolute atomic E-state index is 13.5. The second-order valence-corrected chi connectivity index (χ2v) is 16.6. The third kappa shape index (κ3) is 5.05. The normalized spacial score (nSPS) is 45.1. The molecule has 0 aromatic heterocycles. The first-order valence-electron chi connectivity index (χ1n) is 17.1. The molecule has 44 heavy (non-hydrogen) atoms. The van der Waals surface area contributed by atoms with Gasteiger partial charge >= 0.3 is 17.9 Å². The van der Waals surface area contributed by atoms with Crippen LogP contribution in [0.4, 0.5) is 0 Å².